The van der Waals surface area contributed by atoms with Crippen molar-refractivity contribution in [1.82, 2.24) is 0 Å². The lowest BCUT2D eigenvalue weighted by molar-refractivity contribution is -0.254. The first kappa shape index (κ1) is 6.86. The van der Waals surface area contributed by atoms with Gasteiger partial charge in [-0.3, -0.25) is 0 Å². The predicted octanol–water partition coefficient (Wildman–Crippen LogP) is 1.44. The van der Waals surface area contributed by atoms with E-state index >= 15 is 0 Å². The Kier molecular flexibility index (Phi) is 1.66. The summed E-state index contributed by atoms with van der Waals surface area (Å²) in [6.45, 7) is 0. The van der Waals surface area contributed by atoms with Gasteiger partial charge in [0, 0.05) is 6.07 Å². The Morgan fingerprint density at radius 1 is 1.00 bits per heavy atom. The van der Waals surface area contributed by atoms with Crippen molar-refractivity contribution in [2.24, 2.45) is 0 Å². The highest BCUT2D eigenvalue weighted by atomic mass is 14.5. The summed E-state index contributed by atoms with van der Waals surface area (Å²) in [4.78, 5) is 0. The fourth-order valence-electron chi connectivity index (χ4n) is 1.79. The summed E-state index contributed by atoms with van der Waals surface area (Å²) >= 11 is 0. The summed E-state index contributed by atoms with van der Waals surface area (Å²) in [5.74, 6) is 0. The number of benzene rings is 1. The van der Waals surface area contributed by atoms with Gasteiger partial charge in [0.1, 0.15) is 5.69 Å². The molecule has 3 N–H and O–H groups in total. The molecule has 11 heavy (non-hydrogen) atoms. The number of rotatable bonds is 0. The van der Waals surface area contributed by atoms with Crippen LogP contribution in [0.5, 0.6) is 0 Å². The Bertz CT molecular complexity index is 266. The fourth-order valence-corrected chi connectivity index (χ4v) is 1.79. The summed E-state index contributed by atoms with van der Waals surface area (Å²) < 4.78 is 0. The van der Waals surface area contributed by atoms with Gasteiger partial charge < -0.3 is 5.73 Å². The van der Waals surface area contributed by atoms with E-state index in [2.05, 4.69) is 23.9 Å². The first-order valence-corrected chi connectivity index (χ1v) is 4.30. The van der Waals surface area contributed by atoms with Crippen molar-refractivity contribution in [2.75, 3.05) is 0 Å². The SMILES string of the molecule is [NH3+]c1ccc2c(c1)CCCC2. The molecule has 0 atom stereocenters. The third kappa shape index (κ3) is 1.29. The first-order valence-electron chi connectivity index (χ1n) is 4.30. The lowest BCUT2D eigenvalue weighted by Gasteiger charge is -2.14. The van der Waals surface area contributed by atoms with Gasteiger partial charge in [-0.1, -0.05) is 6.07 Å². The number of hydrogen-bond donors (Lipinski definition) is 1. The number of fused-ring (bicyclic) bond motifs is 1. The molecule has 0 aromatic heterocycles. The van der Waals surface area contributed by atoms with Gasteiger partial charge in [0.05, 0.1) is 0 Å². The fraction of sp³-hybridized carbons (Fsp3) is 0.400. The highest BCUT2D eigenvalue weighted by molar-refractivity contribution is 5.39. The van der Waals surface area contributed by atoms with Crippen LogP contribution in [0.1, 0.15) is 24.0 Å². The molecule has 0 bridgehead atoms. The molecule has 1 aromatic rings. The minimum absolute atomic E-state index is 1.16. The molecule has 0 spiro atoms. The van der Waals surface area contributed by atoms with E-state index in [-0.39, 0.29) is 0 Å². The minimum Gasteiger partial charge on any atom is -0.325 e. The van der Waals surface area contributed by atoms with E-state index in [0.29, 0.717) is 0 Å². The molecule has 2 rings (SSSR count). The molecule has 1 heteroatoms. The molecular formula is C10H14N+. The molecule has 0 saturated heterocycles. The minimum atomic E-state index is 1.16. The normalized spacial score (nSPS) is 16.1. The predicted molar refractivity (Wildman–Crippen MR) is 45.6 cm³/mol. The van der Waals surface area contributed by atoms with E-state index in [4.69, 9.17) is 0 Å². The Hall–Kier alpha value is -0.820. The van der Waals surface area contributed by atoms with Gasteiger partial charge in [0.2, 0.25) is 0 Å². The third-order valence-electron chi connectivity index (χ3n) is 2.41. The number of hydrogen-bond acceptors (Lipinski definition) is 0. The first-order chi connectivity index (χ1) is 5.36. The van der Waals surface area contributed by atoms with Crippen LogP contribution in [0.2, 0.25) is 0 Å². The highest BCUT2D eigenvalue weighted by Crippen LogP contribution is 2.22. The number of quaternary nitrogens is 1. The van der Waals surface area contributed by atoms with Gasteiger partial charge in [0.15, 0.2) is 0 Å². The molecule has 0 fully saturated rings. The van der Waals surface area contributed by atoms with E-state index in [0.717, 1.165) is 5.69 Å². The maximum Gasteiger partial charge on any atom is 0.128 e. The maximum absolute atomic E-state index is 3.93. The van der Waals surface area contributed by atoms with Crippen LogP contribution in [0.15, 0.2) is 18.2 Å². The van der Waals surface area contributed by atoms with Crippen LogP contribution in [0, 0.1) is 0 Å². The zero-order chi connectivity index (χ0) is 7.68. The van der Waals surface area contributed by atoms with E-state index < -0.39 is 0 Å². The monoisotopic (exact) mass is 148 g/mol. The second-order valence-corrected chi connectivity index (χ2v) is 3.31. The van der Waals surface area contributed by atoms with Crippen molar-refractivity contribution in [1.29, 1.82) is 0 Å². The van der Waals surface area contributed by atoms with Crippen molar-refractivity contribution in [3.05, 3.63) is 29.3 Å². The van der Waals surface area contributed by atoms with E-state index in [1.807, 2.05) is 0 Å². The molecule has 0 unspecified atom stereocenters. The van der Waals surface area contributed by atoms with Gasteiger partial charge in [-0.05, 0) is 42.9 Å². The van der Waals surface area contributed by atoms with Gasteiger partial charge in [-0.2, -0.15) is 0 Å². The molecule has 1 nitrogen and oxygen atoms in total. The van der Waals surface area contributed by atoms with Crippen LogP contribution in [0.4, 0.5) is 5.69 Å². The molecule has 1 aliphatic rings. The van der Waals surface area contributed by atoms with Crippen molar-refractivity contribution in [3.8, 4) is 0 Å². The Morgan fingerprint density at radius 3 is 2.55 bits per heavy atom. The van der Waals surface area contributed by atoms with Crippen LogP contribution in [-0.2, 0) is 12.8 Å². The zero-order valence-electron chi connectivity index (χ0n) is 6.77. The molecule has 0 amide bonds. The molecule has 0 aliphatic heterocycles. The zero-order valence-corrected chi connectivity index (χ0v) is 6.77. The van der Waals surface area contributed by atoms with E-state index in [1.165, 1.54) is 31.2 Å². The Labute approximate surface area is 67.2 Å². The van der Waals surface area contributed by atoms with Crippen molar-refractivity contribution in [3.63, 3.8) is 0 Å². The van der Waals surface area contributed by atoms with Crippen LogP contribution in [0.25, 0.3) is 0 Å². The molecule has 58 valence electrons. The standard InChI is InChI=1S/C10H13N/c11-10-6-5-8-3-1-2-4-9(8)7-10/h5-7H,1-4,11H2/p+1. The summed E-state index contributed by atoms with van der Waals surface area (Å²) in [6.07, 6.45) is 5.26. The van der Waals surface area contributed by atoms with Crippen LogP contribution < -0.4 is 5.73 Å². The summed E-state index contributed by atoms with van der Waals surface area (Å²) in [5, 5.41) is 0. The van der Waals surface area contributed by atoms with Crippen molar-refractivity contribution >= 4 is 5.69 Å². The second-order valence-electron chi connectivity index (χ2n) is 3.31. The van der Waals surface area contributed by atoms with Gasteiger partial charge in [-0.15, -0.1) is 0 Å². The lowest BCUT2D eigenvalue weighted by Crippen LogP contribution is -2.40. The van der Waals surface area contributed by atoms with Gasteiger partial charge in [-0.25, -0.2) is 0 Å². The van der Waals surface area contributed by atoms with E-state index in [9.17, 15) is 0 Å². The maximum atomic E-state index is 3.93. The van der Waals surface area contributed by atoms with Crippen LogP contribution in [0.3, 0.4) is 0 Å². The molecular weight excluding hydrogens is 134 g/mol. The molecule has 0 radical (unpaired) electrons. The third-order valence-corrected chi connectivity index (χ3v) is 2.41. The van der Waals surface area contributed by atoms with Gasteiger partial charge in [0.25, 0.3) is 0 Å². The summed E-state index contributed by atoms with van der Waals surface area (Å²) in [5.41, 5.74) is 8.16. The molecule has 0 heterocycles. The lowest BCUT2D eigenvalue weighted by atomic mass is 9.91. The van der Waals surface area contributed by atoms with Crippen LogP contribution in [-0.4, -0.2) is 0 Å². The Balaban J connectivity index is 2.43. The molecule has 1 aromatic carbocycles. The summed E-state index contributed by atoms with van der Waals surface area (Å²) in [7, 11) is 0. The van der Waals surface area contributed by atoms with Crippen LogP contribution >= 0.6 is 0 Å². The van der Waals surface area contributed by atoms with Crippen molar-refractivity contribution in [2.45, 2.75) is 25.7 Å². The molecule has 0 saturated carbocycles. The highest BCUT2D eigenvalue weighted by Gasteiger charge is 2.08. The quantitative estimate of drug-likeness (QED) is 0.576. The largest absolute Gasteiger partial charge is 0.325 e. The Morgan fingerprint density at radius 2 is 1.73 bits per heavy atom. The topological polar surface area (TPSA) is 27.6 Å². The smallest absolute Gasteiger partial charge is 0.128 e. The average Bonchev–Trinajstić information content (AvgIpc) is 2.04. The average molecular weight is 148 g/mol. The van der Waals surface area contributed by atoms with E-state index in [1.54, 1.807) is 5.56 Å². The van der Waals surface area contributed by atoms with Gasteiger partial charge >= 0.3 is 0 Å². The number of aryl methyl sites for hydroxylation is 2. The summed E-state index contributed by atoms with van der Waals surface area (Å²) in [6, 6.07) is 6.58. The van der Waals surface area contributed by atoms with Crippen molar-refractivity contribution < 1.29 is 5.73 Å². The second kappa shape index (κ2) is 2.67. The molecule has 1 aliphatic carbocycles.